The summed E-state index contributed by atoms with van der Waals surface area (Å²) in [5.74, 6) is -2.62. The number of carbonyl (C=O) groups excluding carboxylic acids is 2. The van der Waals surface area contributed by atoms with Crippen LogP contribution in [0.25, 0.3) is 5.57 Å². The minimum Gasteiger partial charge on any atom is -0.480 e. The monoisotopic (exact) mass is 447 g/mol. The number of anilines is 1. The fourth-order valence-corrected chi connectivity index (χ4v) is 4.17. The molecule has 2 N–H and O–H groups in total. The fraction of sp³-hybridized carbons (Fsp3) is 0.100. The minimum absolute atomic E-state index is 0.0198. The number of fused-ring (bicyclic) bond motifs is 1. The molecule has 0 aliphatic carbocycles. The molecule has 4 rings (SSSR count). The summed E-state index contributed by atoms with van der Waals surface area (Å²) in [5.41, 5.74) is -0.668. The number of aliphatic carboxylic acids is 1. The maximum Gasteiger partial charge on any atom is 0.418 e. The molecule has 0 spiro atoms. The summed E-state index contributed by atoms with van der Waals surface area (Å²) in [6, 6.07) is 11.0. The molecule has 0 aromatic heterocycles. The summed E-state index contributed by atoms with van der Waals surface area (Å²) in [4.78, 5) is 41.5. The maximum atomic E-state index is 13.2. The Hall–Kier alpha value is -3.60. The third-order valence-electron chi connectivity index (χ3n) is 4.50. The first-order valence-corrected chi connectivity index (χ1v) is 9.60. The molecule has 31 heavy (non-hydrogen) atoms. The highest BCUT2D eigenvalue weighted by Crippen LogP contribution is 2.43. The zero-order chi connectivity index (χ0) is 22.3. The van der Waals surface area contributed by atoms with Crippen LogP contribution in [-0.2, 0) is 20.6 Å². The highest BCUT2D eigenvalue weighted by atomic mass is 32.2. The van der Waals surface area contributed by atoms with E-state index in [1.807, 2.05) is 0 Å². The number of rotatable bonds is 3. The van der Waals surface area contributed by atoms with Gasteiger partial charge in [-0.05, 0) is 30.0 Å². The van der Waals surface area contributed by atoms with Gasteiger partial charge in [0, 0.05) is 5.56 Å². The van der Waals surface area contributed by atoms with Crippen LogP contribution >= 0.6 is 11.8 Å². The maximum absolute atomic E-state index is 13.2. The molecule has 2 aromatic rings. The Bertz CT molecular complexity index is 1190. The van der Waals surface area contributed by atoms with Crippen LogP contribution in [0.4, 0.5) is 24.5 Å². The highest BCUT2D eigenvalue weighted by Gasteiger charge is 2.40. The molecule has 2 aromatic carbocycles. The van der Waals surface area contributed by atoms with E-state index in [4.69, 9.17) is 5.11 Å². The molecule has 0 atom stereocenters. The van der Waals surface area contributed by atoms with Crippen LogP contribution in [0.2, 0.25) is 0 Å². The number of hydrogen-bond donors (Lipinski definition) is 2. The quantitative estimate of drug-likeness (QED) is 0.703. The van der Waals surface area contributed by atoms with Gasteiger partial charge < -0.3 is 10.4 Å². The van der Waals surface area contributed by atoms with Crippen LogP contribution in [0.1, 0.15) is 11.1 Å². The van der Waals surface area contributed by atoms with Gasteiger partial charge in [0.05, 0.1) is 27.4 Å². The second kappa shape index (κ2) is 7.58. The number of alkyl halides is 3. The Morgan fingerprint density at radius 1 is 1.10 bits per heavy atom. The van der Waals surface area contributed by atoms with Crippen molar-refractivity contribution < 1.29 is 32.7 Å². The molecule has 2 aliphatic rings. The summed E-state index contributed by atoms with van der Waals surface area (Å²) in [6.45, 7) is -0.598. The SMILES string of the molecule is O=C(O)CN1C(=O)/C(=C2/SC(=Nc3ccccc3C(F)(F)F)NC2=O)c2ccccc21. The summed E-state index contributed by atoms with van der Waals surface area (Å²) in [5, 5.41) is 11.4. The van der Waals surface area contributed by atoms with E-state index in [2.05, 4.69) is 10.3 Å². The Morgan fingerprint density at radius 2 is 1.77 bits per heavy atom. The standard InChI is InChI=1S/C20H12F3N3O4S/c21-20(22,23)11-6-2-3-7-12(11)24-19-25-17(29)16(31-19)15-10-5-1-4-8-13(10)26(18(15)30)9-14(27)28/h1-8H,9H2,(H,27,28)(H,24,25,29)/b16-15+. The van der Waals surface area contributed by atoms with Gasteiger partial charge >= 0.3 is 12.1 Å². The molecule has 0 saturated carbocycles. The molecule has 0 unspecified atom stereocenters. The number of carboxylic acid groups (broad SMARTS) is 1. The van der Waals surface area contributed by atoms with Crippen molar-refractivity contribution in [2.45, 2.75) is 6.18 Å². The molecule has 11 heteroatoms. The fourth-order valence-electron chi connectivity index (χ4n) is 3.25. The summed E-state index contributed by atoms with van der Waals surface area (Å²) >= 11 is 0.725. The van der Waals surface area contributed by atoms with Gasteiger partial charge in [-0.25, -0.2) is 4.99 Å². The van der Waals surface area contributed by atoms with Crippen molar-refractivity contribution in [2.24, 2.45) is 4.99 Å². The van der Waals surface area contributed by atoms with Crippen LogP contribution < -0.4 is 10.2 Å². The first-order valence-electron chi connectivity index (χ1n) is 8.78. The third-order valence-corrected chi connectivity index (χ3v) is 5.48. The van der Waals surface area contributed by atoms with Crippen molar-refractivity contribution in [3.05, 3.63) is 64.6 Å². The molecular weight excluding hydrogens is 435 g/mol. The van der Waals surface area contributed by atoms with Gasteiger partial charge in [-0.15, -0.1) is 0 Å². The van der Waals surface area contributed by atoms with Crippen LogP contribution in [0.5, 0.6) is 0 Å². The van der Waals surface area contributed by atoms with Gasteiger partial charge in [-0.3, -0.25) is 19.3 Å². The number of thioether (sulfide) groups is 1. The summed E-state index contributed by atoms with van der Waals surface area (Å²) < 4.78 is 39.6. The van der Waals surface area contributed by atoms with Gasteiger partial charge in [-0.2, -0.15) is 13.2 Å². The Labute approximate surface area is 177 Å². The zero-order valence-corrected chi connectivity index (χ0v) is 16.3. The van der Waals surface area contributed by atoms with E-state index in [1.165, 1.54) is 12.1 Å². The third kappa shape index (κ3) is 3.79. The smallest absolute Gasteiger partial charge is 0.418 e. The van der Waals surface area contributed by atoms with E-state index in [1.54, 1.807) is 24.3 Å². The van der Waals surface area contributed by atoms with Crippen LogP contribution in [-0.4, -0.2) is 34.6 Å². The van der Waals surface area contributed by atoms with Gasteiger partial charge in [0.15, 0.2) is 5.17 Å². The first kappa shape index (κ1) is 20.7. The zero-order valence-electron chi connectivity index (χ0n) is 15.4. The predicted octanol–water partition coefficient (Wildman–Crippen LogP) is 3.40. The van der Waals surface area contributed by atoms with Crippen LogP contribution in [0.15, 0.2) is 58.4 Å². The van der Waals surface area contributed by atoms with Crippen molar-refractivity contribution in [2.75, 3.05) is 11.4 Å². The molecule has 2 amide bonds. The number of nitrogens with one attached hydrogen (secondary N) is 1. The molecule has 1 fully saturated rings. The number of benzene rings is 2. The van der Waals surface area contributed by atoms with Crippen molar-refractivity contribution in [3.8, 4) is 0 Å². The van der Waals surface area contributed by atoms with Crippen molar-refractivity contribution in [1.82, 2.24) is 5.32 Å². The van der Waals surface area contributed by atoms with E-state index in [0.717, 1.165) is 28.8 Å². The molecule has 158 valence electrons. The number of amidine groups is 1. The normalized spacial score (nSPS) is 19.7. The summed E-state index contributed by atoms with van der Waals surface area (Å²) in [6.07, 6.45) is -4.63. The molecule has 0 radical (unpaired) electrons. The number of aliphatic imine (C=N–C) groups is 1. The van der Waals surface area contributed by atoms with E-state index >= 15 is 0 Å². The van der Waals surface area contributed by atoms with Gasteiger partial charge in [0.25, 0.3) is 11.8 Å². The number of nitrogens with zero attached hydrogens (tertiary/aromatic N) is 2. The average Bonchev–Trinajstić information content (AvgIpc) is 3.18. The number of carboxylic acids is 1. The number of halogens is 3. The highest BCUT2D eigenvalue weighted by molar-refractivity contribution is 8.18. The van der Waals surface area contributed by atoms with Crippen LogP contribution in [0.3, 0.4) is 0 Å². The number of hydrogen-bond acceptors (Lipinski definition) is 5. The average molecular weight is 447 g/mol. The Kier molecular flexibility index (Phi) is 5.05. The first-order chi connectivity index (χ1) is 14.7. The topological polar surface area (TPSA) is 99.1 Å². The van der Waals surface area contributed by atoms with Crippen molar-refractivity contribution in [1.29, 1.82) is 0 Å². The number of amides is 2. The van der Waals surface area contributed by atoms with E-state index in [-0.39, 0.29) is 21.3 Å². The van der Waals surface area contributed by atoms with Crippen LogP contribution in [0, 0.1) is 0 Å². The van der Waals surface area contributed by atoms with E-state index < -0.39 is 36.1 Å². The lowest BCUT2D eigenvalue weighted by atomic mass is 10.1. The van der Waals surface area contributed by atoms with Gasteiger partial charge in [0.2, 0.25) is 0 Å². The predicted molar refractivity (Wildman–Crippen MR) is 108 cm³/mol. The number of para-hydroxylation sites is 2. The molecule has 1 saturated heterocycles. The summed E-state index contributed by atoms with van der Waals surface area (Å²) in [7, 11) is 0. The van der Waals surface area contributed by atoms with Crippen molar-refractivity contribution >= 4 is 51.7 Å². The van der Waals surface area contributed by atoms with Crippen molar-refractivity contribution in [3.63, 3.8) is 0 Å². The molecule has 2 aliphatic heterocycles. The van der Waals surface area contributed by atoms with E-state index in [0.29, 0.717) is 11.3 Å². The minimum atomic E-state index is -4.63. The Morgan fingerprint density at radius 3 is 2.48 bits per heavy atom. The largest absolute Gasteiger partial charge is 0.480 e. The number of carbonyl (C=O) groups is 3. The molecular formula is C20H12F3N3O4S. The lowest BCUT2D eigenvalue weighted by molar-refractivity contribution is -0.137. The van der Waals surface area contributed by atoms with E-state index in [9.17, 15) is 27.6 Å². The Balaban J connectivity index is 1.76. The van der Waals surface area contributed by atoms with Gasteiger partial charge in [-0.1, -0.05) is 30.3 Å². The van der Waals surface area contributed by atoms with Gasteiger partial charge in [0.1, 0.15) is 6.54 Å². The second-order valence-corrected chi connectivity index (χ2v) is 7.49. The molecule has 2 heterocycles. The molecule has 7 nitrogen and oxygen atoms in total. The lowest BCUT2D eigenvalue weighted by Gasteiger charge is -2.13. The second-order valence-electron chi connectivity index (χ2n) is 6.49. The molecule has 0 bridgehead atoms. The lowest BCUT2D eigenvalue weighted by Crippen LogP contribution is -2.32.